The van der Waals surface area contributed by atoms with Crippen LogP contribution in [0, 0.1) is 11.8 Å². The third kappa shape index (κ3) is 4.43. The Morgan fingerprint density at radius 3 is 2.79 bits per heavy atom. The second-order valence-electron chi connectivity index (χ2n) is 5.36. The summed E-state index contributed by atoms with van der Waals surface area (Å²) in [4.78, 5) is 12.0. The minimum Gasteiger partial charge on any atom is -0.399 e. The van der Waals surface area contributed by atoms with Crippen LogP contribution in [0.5, 0.6) is 0 Å². The van der Waals surface area contributed by atoms with Gasteiger partial charge in [0, 0.05) is 17.8 Å². The van der Waals surface area contributed by atoms with Crippen molar-refractivity contribution in [3.05, 3.63) is 29.8 Å². The Labute approximate surface area is 121 Å². The Bertz CT molecular complexity index is 422. The lowest BCUT2D eigenvalue weighted by Gasteiger charge is -2.28. The molecule has 1 aliphatic carbocycles. The topological polar surface area (TPSA) is 55.1 Å². The van der Waals surface area contributed by atoms with Crippen LogP contribution in [0.4, 0.5) is 5.69 Å². The van der Waals surface area contributed by atoms with Gasteiger partial charge in [-0.2, -0.15) is 0 Å². The van der Waals surface area contributed by atoms with E-state index in [4.69, 9.17) is 5.73 Å². The van der Waals surface area contributed by atoms with E-state index in [0.29, 0.717) is 17.2 Å². The summed E-state index contributed by atoms with van der Waals surface area (Å²) in [5.41, 5.74) is 6.96. The van der Waals surface area contributed by atoms with Gasteiger partial charge in [0.1, 0.15) is 0 Å². The van der Waals surface area contributed by atoms with E-state index >= 15 is 0 Å². The maximum absolute atomic E-state index is 12.0. The minimum atomic E-state index is -0.0138. The van der Waals surface area contributed by atoms with Crippen LogP contribution in [-0.2, 0) is 0 Å². The van der Waals surface area contributed by atoms with E-state index in [2.05, 4.69) is 12.2 Å². The van der Waals surface area contributed by atoms with Gasteiger partial charge in [-0.3, -0.25) is 4.79 Å². The van der Waals surface area contributed by atoms with Crippen molar-refractivity contribution < 1.29 is 4.79 Å². The summed E-state index contributed by atoms with van der Waals surface area (Å²) < 4.78 is 0. The van der Waals surface area contributed by atoms with Crippen LogP contribution < -0.4 is 11.1 Å². The Hall–Kier alpha value is -1.22. The van der Waals surface area contributed by atoms with Gasteiger partial charge < -0.3 is 11.1 Å². The van der Waals surface area contributed by atoms with Gasteiger partial charge in [0.15, 0.2) is 0 Å². The lowest BCUT2D eigenvalue weighted by molar-refractivity contribution is 0.0936. The number of carbonyl (C=O) groups is 1. The maximum atomic E-state index is 12.0. The number of benzene rings is 1. The molecule has 0 saturated heterocycles. The molecule has 2 rings (SSSR count). The number of carbonyl (C=O) groups excluding carboxylic acids is 1. The zero-order valence-corrected chi connectivity index (χ0v) is 12.2. The fraction of sp³-hybridized carbons (Fsp3) is 0.533. The fourth-order valence-corrected chi connectivity index (χ4v) is 2.70. The van der Waals surface area contributed by atoms with Gasteiger partial charge in [-0.05, 0) is 36.5 Å². The van der Waals surface area contributed by atoms with Crippen molar-refractivity contribution in [1.82, 2.24) is 5.32 Å². The highest BCUT2D eigenvalue weighted by atomic mass is 35.5. The summed E-state index contributed by atoms with van der Waals surface area (Å²) in [6, 6.07) is 7.13. The average Bonchev–Trinajstić information content (AvgIpc) is 2.37. The Morgan fingerprint density at radius 2 is 2.11 bits per heavy atom. The zero-order valence-electron chi connectivity index (χ0n) is 11.4. The molecule has 3 N–H and O–H groups in total. The third-order valence-corrected chi connectivity index (χ3v) is 3.96. The second kappa shape index (κ2) is 7.39. The number of hydrogen-bond acceptors (Lipinski definition) is 2. The lowest BCUT2D eigenvalue weighted by Crippen LogP contribution is -2.33. The van der Waals surface area contributed by atoms with Gasteiger partial charge in [0.2, 0.25) is 0 Å². The van der Waals surface area contributed by atoms with E-state index in [9.17, 15) is 4.79 Å². The molecular formula is C15H23ClN2O. The van der Waals surface area contributed by atoms with E-state index in [1.807, 2.05) is 6.07 Å². The van der Waals surface area contributed by atoms with Gasteiger partial charge in [-0.1, -0.05) is 32.3 Å². The molecule has 0 aromatic heterocycles. The molecule has 0 spiro atoms. The van der Waals surface area contributed by atoms with Crippen LogP contribution in [0.15, 0.2) is 24.3 Å². The number of hydrogen-bond donors (Lipinski definition) is 2. The van der Waals surface area contributed by atoms with E-state index < -0.39 is 0 Å². The van der Waals surface area contributed by atoms with Crippen LogP contribution >= 0.6 is 12.4 Å². The first kappa shape index (κ1) is 15.8. The first-order valence-electron chi connectivity index (χ1n) is 6.80. The van der Waals surface area contributed by atoms with Crippen LogP contribution in [0.3, 0.4) is 0 Å². The quantitative estimate of drug-likeness (QED) is 0.836. The van der Waals surface area contributed by atoms with Crippen molar-refractivity contribution in [2.24, 2.45) is 11.8 Å². The van der Waals surface area contributed by atoms with Crippen LogP contribution in [-0.4, -0.2) is 12.5 Å². The summed E-state index contributed by atoms with van der Waals surface area (Å²) >= 11 is 0. The Kier molecular flexibility index (Phi) is 6.16. The Morgan fingerprint density at radius 1 is 1.37 bits per heavy atom. The van der Waals surface area contributed by atoms with Crippen LogP contribution in [0.25, 0.3) is 0 Å². The van der Waals surface area contributed by atoms with Gasteiger partial charge in [0.05, 0.1) is 0 Å². The van der Waals surface area contributed by atoms with Crippen molar-refractivity contribution in [2.75, 3.05) is 12.3 Å². The first-order valence-corrected chi connectivity index (χ1v) is 6.80. The summed E-state index contributed by atoms with van der Waals surface area (Å²) in [5, 5.41) is 3.03. The van der Waals surface area contributed by atoms with E-state index in [0.717, 1.165) is 12.5 Å². The molecule has 0 bridgehead atoms. The highest BCUT2D eigenvalue weighted by molar-refractivity contribution is 5.94. The standard InChI is InChI=1S/C15H22N2O.ClH/c1-11-5-2-3-6-13(11)10-17-15(18)12-7-4-8-14(16)9-12;/h4,7-9,11,13H,2-3,5-6,10,16H2,1H3,(H,17,18);1H. The molecule has 1 fully saturated rings. The van der Waals surface area contributed by atoms with Crippen molar-refractivity contribution in [2.45, 2.75) is 32.6 Å². The number of halogens is 1. The SMILES string of the molecule is CC1CCCCC1CNC(=O)c1cccc(N)c1.Cl. The monoisotopic (exact) mass is 282 g/mol. The molecule has 106 valence electrons. The number of rotatable bonds is 3. The minimum absolute atomic E-state index is 0. The number of nitrogen functional groups attached to an aromatic ring is 1. The summed E-state index contributed by atoms with van der Waals surface area (Å²) in [6.45, 7) is 3.07. The molecule has 1 saturated carbocycles. The number of amides is 1. The molecule has 3 nitrogen and oxygen atoms in total. The average molecular weight is 283 g/mol. The normalized spacial score (nSPS) is 22.4. The summed E-state index contributed by atoms with van der Waals surface area (Å²) in [7, 11) is 0. The maximum Gasteiger partial charge on any atom is 0.251 e. The van der Waals surface area contributed by atoms with Gasteiger partial charge in [-0.25, -0.2) is 0 Å². The third-order valence-electron chi connectivity index (χ3n) is 3.96. The van der Waals surface area contributed by atoms with Crippen molar-refractivity contribution in [1.29, 1.82) is 0 Å². The molecule has 0 aliphatic heterocycles. The van der Waals surface area contributed by atoms with E-state index in [1.54, 1.807) is 18.2 Å². The predicted octanol–water partition coefficient (Wildman–Crippen LogP) is 3.25. The molecule has 1 aromatic carbocycles. The smallest absolute Gasteiger partial charge is 0.251 e. The molecular weight excluding hydrogens is 260 g/mol. The number of nitrogens with one attached hydrogen (secondary N) is 1. The van der Waals surface area contributed by atoms with Crippen LogP contribution in [0.2, 0.25) is 0 Å². The van der Waals surface area contributed by atoms with Crippen molar-refractivity contribution in [3.8, 4) is 0 Å². The Balaban J connectivity index is 0.00000180. The second-order valence-corrected chi connectivity index (χ2v) is 5.36. The number of anilines is 1. The van der Waals surface area contributed by atoms with Gasteiger partial charge in [-0.15, -0.1) is 12.4 Å². The summed E-state index contributed by atoms with van der Waals surface area (Å²) in [5.74, 6) is 1.34. The molecule has 2 atom stereocenters. The number of nitrogens with two attached hydrogens (primary N) is 1. The molecule has 1 amide bonds. The van der Waals surface area contributed by atoms with Gasteiger partial charge >= 0.3 is 0 Å². The molecule has 0 radical (unpaired) electrons. The molecule has 0 heterocycles. The fourth-order valence-electron chi connectivity index (χ4n) is 2.70. The molecule has 2 unspecified atom stereocenters. The zero-order chi connectivity index (χ0) is 13.0. The van der Waals surface area contributed by atoms with Crippen molar-refractivity contribution >= 4 is 24.0 Å². The lowest BCUT2D eigenvalue weighted by atomic mass is 9.80. The van der Waals surface area contributed by atoms with Crippen LogP contribution in [0.1, 0.15) is 43.0 Å². The first-order chi connectivity index (χ1) is 8.66. The predicted molar refractivity (Wildman–Crippen MR) is 81.6 cm³/mol. The molecule has 4 heteroatoms. The van der Waals surface area contributed by atoms with Gasteiger partial charge in [0.25, 0.3) is 5.91 Å². The molecule has 19 heavy (non-hydrogen) atoms. The highest BCUT2D eigenvalue weighted by Crippen LogP contribution is 2.28. The highest BCUT2D eigenvalue weighted by Gasteiger charge is 2.21. The largest absolute Gasteiger partial charge is 0.399 e. The van der Waals surface area contributed by atoms with Crippen molar-refractivity contribution in [3.63, 3.8) is 0 Å². The molecule has 1 aliphatic rings. The van der Waals surface area contributed by atoms with E-state index in [-0.39, 0.29) is 18.3 Å². The molecule has 1 aromatic rings. The van der Waals surface area contributed by atoms with E-state index in [1.165, 1.54) is 25.7 Å². The summed E-state index contributed by atoms with van der Waals surface area (Å²) in [6.07, 6.45) is 5.15.